The first-order valence-electron chi connectivity index (χ1n) is 8.72. The number of hydrogen-bond donors (Lipinski definition) is 2. The minimum Gasteiger partial charge on any atom is -0.337 e. The largest absolute Gasteiger partial charge is 0.337 e. The van der Waals surface area contributed by atoms with Gasteiger partial charge in [-0.05, 0) is 37.1 Å². The molecule has 0 saturated carbocycles. The second-order valence-corrected chi connectivity index (χ2v) is 7.34. The highest BCUT2D eigenvalue weighted by atomic mass is 35.5. The zero-order valence-electron chi connectivity index (χ0n) is 14.4. The van der Waals surface area contributed by atoms with E-state index in [0.717, 1.165) is 25.9 Å². The molecule has 27 heavy (non-hydrogen) atoms. The summed E-state index contributed by atoms with van der Waals surface area (Å²) in [6.07, 6.45) is 3.30. The Balaban J connectivity index is 1.68. The number of carbonyl (C=O) groups is 1. The van der Waals surface area contributed by atoms with Gasteiger partial charge in [-0.25, -0.2) is 14.4 Å². The van der Waals surface area contributed by atoms with Crippen LogP contribution in [0.5, 0.6) is 0 Å². The molecular weight excluding hydrogens is 390 g/mol. The molecule has 2 aromatic carbocycles. The molecule has 1 aromatic heterocycles. The van der Waals surface area contributed by atoms with E-state index in [9.17, 15) is 9.18 Å². The lowest BCUT2D eigenvalue weighted by Crippen LogP contribution is -2.45. The highest BCUT2D eigenvalue weighted by molar-refractivity contribution is 6.35. The first-order chi connectivity index (χ1) is 13.0. The van der Waals surface area contributed by atoms with Gasteiger partial charge in [0.05, 0.1) is 26.6 Å². The molecule has 0 spiro atoms. The normalized spacial score (nSPS) is 15.2. The van der Waals surface area contributed by atoms with Crippen LogP contribution in [-0.2, 0) is 0 Å². The molecule has 8 heteroatoms. The summed E-state index contributed by atoms with van der Waals surface area (Å²) in [5.41, 5.74) is 4.47. The Labute approximate surface area is 165 Å². The number of nitrogens with one attached hydrogen (secondary N) is 2. The van der Waals surface area contributed by atoms with E-state index in [4.69, 9.17) is 23.2 Å². The number of hydrogen-bond acceptors (Lipinski definition) is 3. The van der Waals surface area contributed by atoms with Crippen LogP contribution >= 0.6 is 23.2 Å². The second kappa shape index (κ2) is 7.46. The lowest BCUT2D eigenvalue weighted by Gasteiger charge is -2.26. The van der Waals surface area contributed by atoms with E-state index < -0.39 is 5.82 Å². The third-order valence-corrected chi connectivity index (χ3v) is 5.24. The summed E-state index contributed by atoms with van der Waals surface area (Å²) < 4.78 is 14.2. The number of imidazole rings is 1. The van der Waals surface area contributed by atoms with E-state index in [2.05, 4.69) is 15.4 Å². The fourth-order valence-electron chi connectivity index (χ4n) is 3.26. The molecule has 140 valence electrons. The SMILES string of the molecule is O=C(NN1CCCCC1)c1cc(Cl)c2[nH]c(-c3c(F)cccc3Cl)nc2c1. The van der Waals surface area contributed by atoms with Gasteiger partial charge in [0.15, 0.2) is 0 Å². The van der Waals surface area contributed by atoms with Crippen molar-refractivity contribution < 1.29 is 9.18 Å². The molecule has 3 aromatic rings. The van der Waals surface area contributed by atoms with E-state index in [-0.39, 0.29) is 22.3 Å². The lowest BCUT2D eigenvalue weighted by molar-refractivity contribution is 0.0750. The third kappa shape index (κ3) is 3.65. The number of rotatable bonds is 3. The molecule has 0 aliphatic carbocycles. The van der Waals surface area contributed by atoms with Crippen molar-refractivity contribution in [3.63, 3.8) is 0 Å². The maximum atomic E-state index is 14.2. The molecule has 5 nitrogen and oxygen atoms in total. The summed E-state index contributed by atoms with van der Waals surface area (Å²) in [7, 11) is 0. The summed E-state index contributed by atoms with van der Waals surface area (Å²) in [6.45, 7) is 1.67. The molecule has 0 unspecified atom stereocenters. The summed E-state index contributed by atoms with van der Waals surface area (Å²) in [6, 6.07) is 7.64. The maximum Gasteiger partial charge on any atom is 0.265 e. The molecule has 1 fully saturated rings. The number of nitrogens with zero attached hydrogens (tertiary/aromatic N) is 2. The number of aromatic nitrogens is 2. The smallest absolute Gasteiger partial charge is 0.265 e. The van der Waals surface area contributed by atoms with Crippen molar-refractivity contribution >= 4 is 40.1 Å². The number of carbonyl (C=O) groups excluding carboxylic acids is 1. The Morgan fingerprint density at radius 1 is 1.15 bits per heavy atom. The molecule has 4 rings (SSSR count). The predicted molar refractivity (Wildman–Crippen MR) is 104 cm³/mol. The van der Waals surface area contributed by atoms with Gasteiger partial charge in [-0.15, -0.1) is 0 Å². The number of H-pyrrole nitrogens is 1. The van der Waals surface area contributed by atoms with Gasteiger partial charge >= 0.3 is 0 Å². The van der Waals surface area contributed by atoms with Crippen LogP contribution in [-0.4, -0.2) is 34.0 Å². The van der Waals surface area contributed by atoms with Gasteiger partial charge in [-0.1, -0.05) is 35.7 Å². The van der Waals surface area contributed by atoms with Gasteiger partial charge in [0.25, 0.3) is 5.91 Å². The van der Waals surface area contributed by atoms with Crippen LogP contribution < -0.4 is 5.43 Å². The molecule has 0 atom stereocenters. The molecule has 1 amide bonds. The Hall–Kier alpha value is -2.15. The molecule has 0 bridgehead atoms. The first-order valence-corrected chi connectivity index (χ1v) is 9.48. The standard InChI is InChI=1S/C19H17Cl2FN4O/c20-12-5-4-6-14(22)16(12)18-23-15-10-11(9-13(21)17(15)24-18)19(27)25-26-7-2-1-3-8-26/h4-6,9-10H,1-3,7-8H2,(H,23,24)(H,25,27). The van der Waals surface area contributed by atoms with Gasteiger partial charge in [-0.2, -0.15) is 0 Å². The van der Waals surface area contributed by atoms with Crippen molar-refractivity contribution in [2.75, 3.05) is 13.1 Å². The van der Waals surface area contributed by atoms with Gasteiger partial charge in [0, 0.05) is 18.7 Å². The van der Waals surface area contributed by atoms with Crippen molar-refractivity contribution in [3.8, 4) is 11.4 Å². The molecule has 2 N–H and O–H groups in total. The number of aromatic amines is 1. The van der Waals surface area contributed by atoms with Crippen LogP contribution in [0.2, 0.25) is 10.0 Å². The van der Waals surface area contributed by atoms with Gasteiger partial charge in [-0.3, -0.25) is 10.2 Å². The van der Waals surface area contributed by atoms with E-state index in [1.54, 1.807) is 18.2 Å². The molecule has 1 aliphatic heterocycles. The number of halogens is 3. The quantitative estimate of drug-likeness (QED) is 0.655. The van der Waals surface area contributed by atoms with Crippen LogP contribution in [0.4, 0.5) is 4.39 Å². The Bertz CT molecular complexity index is 994. The average molecular weight is 407 g/mol. The number of hydrazine groups is 1. The van der Waals surface area contributed by atoms with Crippen molar-refractivity contribution in [3.05, 3.63) is 51.8 Å². The Morgan fingerprint density at radius 2 is 1.93 bits per heavy atom. The second-order valence-electron chi connectivity index (χ2n) is 6.52. The fourth-order valence-corrected chi connectivity index (χ4v) is 3.77. The first kappa shape index (κ1) is 18.2. The minimum absolute atomic E-state index is 0.172. The fraction of sp³-hybridized carbons (Fsp3) is 0.263. The number of piperidine rings is 1. The number of amides is 1. The maximum absolute atomic E-state index is 14.2. The zero-order valence-corrected chi connectivity index (χ0v) is 15.9. The van der Waals surface area contributed by atoms with E-state index in [0.29, 0.717) is 21.6 Å². The van der Waals surface area contributed by atoms with Crippen molar-refractivity contribution in [1.82, 2.24) is 20.4 Å². The molecule has 2 heterocycles. The van der Waals surface area contributed by atoms with Crippen molar-refractivity contribution in [2.45, 2.75) is 19.3 Å². The van der Waals surface area contributed by atoms with E-state index >= 15 is 0 Å². The molecule has 0 radical (unpaired) electrons. The monoisotopic (exact) mass is 406 g/mol. The predicted octanol–water partition coefficient (Wildman–Crippen LogP) is 4.81. The van der Waals surface area contributed by atoms with Crippen LogP contribution in [0.1, 0.15) is 29.6 Å². The van der Waals surface area contributed by atoms with Crippen LogP contribution in [0.15, 0.2) is 30.3 Å². The summed E-state index contributed by atoms with van der Waals surface area (Å²) in [5.74, 6) is -0.460. The van der Waals surface area contributed by atoms with Crippen LogP contribution in [0.25, 0.3) is 22.4 Å². The Kier molecular flexibility index (Phi) is 5.04. The van der Waals surface area contributed by atoms with Gasteiger partial charge in [0.2, 0.25) is 0 Å². The highest BCUT2D eigenvalue weighted by Crippen LogP contribution is 2.32. The van der Waals surface area contributed by atoms with E-state index in [1.165, 1.54) is 18.6 Å². The summed E-state index contributed by atoms with van der Waals surface area (Å²) >= 11 is 12.5. The van der Waals surface area contributed by atoms with Crippen molar-refractivity contribution in [2.24, 2.45) is 0 Å². The number of fused-ring (bicyclic) bond motifs is 1. The zero-order chi connectivity index (χ0) is 19.0. The van der Waals surface area contributed by atoms with Gasteiger partial charge < -0.3 is 4.98 Å². The molecule has 1 aliphatic rings. The molecule has 1 saturated heterocycles. The van der Waals surface area contributed by atoms with Crippen LogP contribution in [0.3, 0.4) is 0 Å². The average Bonchev–Trinajstić information content (AvgIpc) is 3.06. The number of benzene rings is 2. The van der Waals surface area contributed by atoms with Crippen LogP contribution in [0, 0.1) is 5.82 Å². The summed E-state index contributed by atoms with van der Waals surface area (Å²) in [5, 5.41) is 2.50. The minimum atomic E-state index is -0.485. The topological polar surface area (TPSA) is 61.0 Å². The highest BCUT2D eigenvalue weighted by Gasteiger charge is 2.19. The van der Waals surface area contributed by atoms with E-state index in [1.807, 2.05) is 5.01 Å². The Morgan fingerprint density at radius 3 is 2.67 bits per heavy atom. The van der Waals surface area contributed by atoms with Crippen molar-refractivity contribution in [1.29, 1.82) is 0 Å². The third-order valence-electron chi connectivity index (χ3n) is 4.62. The lowest BCUT2D eigenvalue weighted by atomic mass is 10.1. The summed E-state index contributed by atoms with van der Waals surface area (Å²) in [4.78, 5) is 20.0. The molecular formula is C19H17Cl2FN4O. The van der Waals surface area contributed by atoms with Gasteiger partial charge in [0.1, 0.15) is 11.6 Å².